The topological polar surface area (TPSA) is 138 Å². The molecule has 1 saturated heterocycles. The molecule has 3 atom stereocenters. The molecule has 3 amide bonds. The number of nitrogens with two attached hydrogens (primary N) is 1. The van der Waals surface area contributed by atoms with Crippen molar-refractivity contribution in [1.29, 1.82) is 0 Å². The molecule has 5 N–H and O–H groups in total. The van der Waals surface area contributed by atoms with Crippen molar-refractivity contribution in [1.82, 2.24) is 20.5 Å². The molecule has 2 aromatic rings. The van der Waals surface area contributed by atoms with Crippen LogP contribution < -0.4 is 16.4 Å². The Balaban J connectivity index is 1.57. The number of amides is 3. The van der Waals surface area contributed by atoms with E-state index in [1.807, 2.05) is 57.5 Å². The van der Waals surface area contributed by atoms with Crippen molar-refractivity contribution in [2.24, 2.45) is 11.1 Å². The molecule has 0 spiro atoms. The zero-order valence-corrected chi connectivity index (χ0v) is 25.8. The van der Waals surface area contributed by atoms with Crippen LogP contribution in [0.3, 0.4) is 0 Å². The number of hydrogen-bond donors (Lipinski definition) is 4. The summed E-state index contributed by atoms with van der Waals surface area (Å²) in [6.45, 7) is 8.74. The Morgan fingerprint density at radius 3 is 2.37 bits per heavy atom. The fraction of sp³-hybridized carbons (Fsp3) is 0.613. The van der Waals surface area contributed by atoms with Crippen LogP contribution >= 0.6 is 11.3 Å². The lowest BCUT2D eigenvalue weighted by Gasteiger charge is -2.35. The lowest BCUT2D eigenvalue weighted by Crippen LogP contribution is -2.57. The molecule has 9 nitrogen and oxygen atoms in total. The van der Waals surface area contributed by atoms with Crippen molar-refractivity contribution in [2.75, 3.05) is 13.1 Å². The molecule has 1 aliphatic rings. The Labute approximate surface area is 248 Å². The molecular weight excluding hydrogens is 538 g/mol. The number of carbonyl (C=O) groups excluding carboxylic acids is 3. The zero-order chi connectivity index (χ0) is 30.0. The summed E-state index contributed by atoms with van der Waals surface area (Å²) in [7, 11) is 0. The molecule has 0 aliphatic carbocycles. The molecule has 0 saturated carbocycles. The third kappa shape index (κ3) is 9.61. The van der Waals surface area contributed by atoms with E-state index in [0.717, 1.165) is 60.2 Å². The molecule has 1 aliphatic heterocycles. The predicted octanol–water partition coefficient (Wildman–Crippen LogP) is 3.92. The number of aliphatic hydroxyl groups is 1. The Morgan fingerprint density at radius 1 is 1.10 bits per heavy atom. The molecule has 2 unspecified atom stereocenters. The number of nitrogens with zero attached hydrogens (tertiary/aromatic N) is 2. The lowest BCUT2D eigenvalue weighted by atomic mass is 9.85. The summed E-state index contributed by atoms with van der Waals surface area (Å²) in [5.74, 6) is -0.822. The highest BCUT2D eigenvalue weighted by atomic mass is 32.1. The summed E-state index contributed by atoms with van der Waals surface area (Å²) < 4.78 is 0. The summed E-state index contributed by atoms with van der Waals surface area (Å²) >= 11 is 1.59. The highest BCUT2D eigenvalue weighted by molar-refractivity contribution is 7.13. The van der Waals surface area contributed by atoms with Crippen LogP contribution in [0.5, 0.6) is 0 Å². The molecule has 1 aromatic carbocycles. The Hall–Kier alpha value is -2.82. The van der Waals surface area contributed by atoms with Crippen molar-refractivity contribution >= 4 is 29.1 Å². The quantitative estimate of drug-likeness (QED) is 0.248. The molecule has 0 bridgehead atoms. The van der Waals surface area contributed by atoms with Crippen molar-refractivity contribution in [3.63, 3.8) is 0 Å². The number of benzene rings is 1. The van der Waals surface area contributed by atoms with Gasteiger partial charge in [-0.15, -0.1) is 11.3 Å². The summed E-state index contributed by atoms with van der Waals surface area (Å²) in [4.78, 5) is 46.6. The zero-order valence-electron chi connectivity index (χ0n) is 24.9. The number of thiazole rings is 1. The first kappa shape index (κ1) is 32.7. The molecule has 41 heavy (non-hydrogen) atoms. The number of rotatable bonds is 14. The number of β-amino-alcohol motifs (C(OH)–C–C–N with tert-alkyl or cyclic N) is 1. The third-order valence-corrected chi connectivity index (χ3v) is 8.55. The van der Waals surface area contributed by atoms with Gasteiger partial charge in [-0.05, 0) is 42.9 Å². The van der Waals surface area contributed by atoms with Gasteiger partial charge in [0.15, 0.2) is 0 Å². The van der Waals surface area contributed by atoms with E-state index in [4.69, 9.17) is 5.73 Å². The van der Waals surface area contributed by atoms with Crippen molar-refractivity contribution < 1.29 is 19.5 Å². The summed E-state index contributed by atoms with van der Waals surface area (Å²) in [6.07, 6.45) is 5.75. The van der Waals surface area contributed by atoms with E-state index in [9.17, 15) is 19.5 Å². The van der Waals surface area contributed by atoms with E-state index in [1.54, 1.807) is 11.3 Å². The maximum atomic E-state index is 13.7. The predicted molar refractivity (Wildman–Crippen MR) is 163 cm³/mol. The maximum absolute atomic E-state index is 13.7. The van der Waals surface area contributed by atoms with Gasteiger partial charge in [0.05, 0.1) is 22.2 Å². The van der Waals surface area contributed by atoms with Gasteiger partial charge in [-0.1, -0.05) is 70.7 Å². The average molecular weight is 586 g/mol. The van der Waals surface area contributed by atoms with E-state index in [2.05, 4.69) is 15.6 Å². The van der Waals surface area contributed by atoms with Gasteiger partial charge in [-0.3, -0.25) is 14.4 Å². The van der Waals surface area contributed by atoms with Crippen LogP contribution in [0.15, 0.2) is 29.8 Å². The summed E-state index contributed by atoms with van der Waals surface area (Å²) in [5.41, 5.74) is 9.78. The maximum Gasteiger partial charge on any atom is 0.246 e. The number of unbranched alkanes of at least 4 members (excludes halogenated alkanes) is 5. The minimum atomic E-state index is -0.803. The SMILES string of the molecule is Cc1ncsc1-c1ccc(CNC(=O)C2CC(O)CN2C(=O)[C@@H](NC(=O)CCCCCCCCN)C(C)(C)C)cc1. The van der Waals surface area contributed by atoms with Gasteiger partial charge in [-0.25, -0.2) is 4.98 Å². The number of hydrogen-bond acceptors (Lipinski definition) is 7. The van der Waals surface area contributed by atoms with Crippen LogP contribution in [0, 0.1) is 12.3 Å². The lowest BCUT2D eigenvalue weighted by molar-refractivity contribution is -0.144. The smallest absolute Gasteiger partial charge is 0.246 e. The van der Waals surface area contributed by atoms with E-state index < -0.39 is 23.6 Å². The van der Waals surface area contributed by atoms with Crippen LogP contribution in [0.4, 0.5) is 0 Å². The first-order valence-corrected chi connectivity index (χ1v) is 15.6. The summed E-state index contributed by atoms with van der Waals surface area (Å²) in [6, 6.07) is 6.35. The standard InChI is InChI=1S/C31H47N5O4S/c1-21-27(41-20-34-21)23-14-12-22(13-15-23)18-33-29(39)25-17-24(37)19-36(25)30(40)28(31(2,3)4)35-26(38)11-9-7-5-6-8-10-16-32/h12-15,20,24-25,28,37H,5-11,16-19,32H2,1-4H3,(H,33,39)(H,35,38)/t24?,25?,28-/m1/s1. The van der Waals surface area contributed by atoms with Gasteiger partial charge >= 0.3 is 0 Å². The second kappa shape index (κ2) is 15.4. The normalized spacial score (nSPS) is 17.9. The highest BCUT2D eigenvalue weighted by Gasteiger charge is 2.44. The van der Waals surface area contributed by atoms with Crippen LogP contribution in [0.2, 0.25) is 0 Å². The number of likely N-dealkylation sites (tertiary alicyclic amines) is 1. The van der Waals surface area contributed by atoms with Gasteiger partial charge < -0.3 is 26.4 Å². The molecule has 3 rings (SSSR count). The van der Waals surface area contributed by atoms with Crippen LogP contribution in [-0.4, -0.2) is 64.0 Å². The van der Waals surface area contributed by atoms with Crippen molar-refractivity contribution in [3.8, 4) is 10.4 Å². The molecule has 10 heteroatoms. The molecule has 2 heterocycles. The van der Waals surface area contributed by atoms with Gasteiger partial charge in [0, 0.05) is 25.9 Å². The first-order valence-electron chi connectivity index (χ1n) is 14.8. The molecule has 1 fully saturated rings. The van der Waals surface area contributed by atoms with Crippen molar-refractivity contribution in [3.05, 3.63) is 41.0 Å². The van der Waals surface area contributed by atoms with Crippen molar-refractivity contribution in [2.45, 2.75) is 104 Å². The van der Waals surface area contributed by atoms with Crippen LogP contribution in [0.25, 0.3) is 10.4 Å². The van der Waals surface area contributed by atoms with Gasteiger partial charge in [0.2, 0.25) is 17.7 Å². The molecular formula is C31H47N5O4S. The number of carbonyl (C=O) groups is 3. The second-order valence-corrected chi connectivity index (χ2v) is 13.0. The van der Waals surface area contributed by atoms with E-state index in [0.29, 0.717) is 19.5 Å². The Morgan fingerprint density at radius 2 is 1.76 bits per heavy atom. The fourth-order valence-corrected chi connectivity index (χ4v) is 5.96. The van der Waals surface area contributed by atoms with E-state index in [-0.39, 0.29) is 30.7 Å². The molecule has 226 valence electrons. The van der Waals surface area contributed by atoms with Crippen LogP contribution in [0.1, 0.15) is 83.4 Å². The third-order valence-electron chi connectivity index (χ3n) is 7.57. The first-order chi connectivity index (χ1) is 19.5. The number of aryl methyl sites for hydroxylation is 1. The second-order valence-electron chi connectivity index (χ2n) is 12.1. The summed E-state index contributed by atoms with van der Waals surface area (Å²) in [5, 5.41) is 16.3. The van der Waals surface area contributed by atoms with Gasteiger partial charge in [-0.2, -0.15) is 0 Å². The number of aliphatic hydroxyl groups excluding tert-OH is 1. The largest absolute Gasteiger partial charge is 0.391 e. The van der Waals surface area contributed by atoms with E-state index >= 15 is 0 Å². The van der Waals surface area contributed by atoms with Crippen LogP contribution in [-0.2, 0) is 20.9 Å². The fourth-order valence-electron chi connectivity index (χ4n) is 5.15. The van der Waals surface area contributed by atoms with Gasteiger partial charge in [0.25, 0.3) is 0 Å². The van der Waals surface area contributed by atoms with Gasteiger partial charge in [0.1, 0.15) is 12.1 Å². The minimum Gasteiger partial charge on any atom is -0.391 e. The highest BCUT2D eigenvalue weighted by Crippen LogP contribution is 2.28. The minimum absolute atomic E-state index is 0.0606. The van der Waals surface area contributed by atoms with E-state index in [1.165, 1.54) is 4.90 Å². The monoisotopic (exact) mass is 585 g/mol. The average Bonchev–Trinajstić information content (AvgIpc) is 3.54. The number of aromatic nitrogens is 1. The Kier molecular flexibility index (Phi) is 12.3. The molecule has 0 radical (unpaired) electrons. The number of nitrogens with one attached hydrogen (secondary N) is 2. The molecule has 1 aromatic heterocycles. The Bertz CT molecular complexity index is 1140.